The van der Waals surface area contributed by atoms with Gasteiger partial charge in [-0.3, -0.25) is 4.98 Å². The van der Waals surface area contributed by atoms with E-state index in [4.69, 9.17) is 10.5 Å². The van der Waals surface area contributed by atoms with E-state index in [1.165, 1.54) is 0 Å². The van der Waals surface area contributed by atoms with Crippen LogP contribution in [0.2, 0.25) is 0 Å². The van der Waals surface area contributed by atoms with Crippen molar-refractivity contribution >= 4 is 11.6 Å². The van der Waals surface area contributed by atoms with E-state index >= 15 is 0 Å². The van der Waals surface area contributed by atoms with Gasteiger partial charge >= 0.3 is 0 Å². The molecule has 0 saturated carbocycles. The van der Waals surface area contributed by atoms with Gasteiger partial charge in [-0.05, 0) is 19.9 Å². The maximum Gasteiger partial charge on any atom is 0.149 e. The van der Waals surface area contributed by atoms with Crippen LogP contribution in [0, 0.1) is 0 Å². The Kier molecular flexibility index (Phi) is 3.28. The first-order chi connectivity index (χ1) is 9.17. The van der Waals surface area contributed by atoms with Gasteiger partial charge in [-0.1, -0.05) is 0 Å². The number of nitrogens with zero attached hydrogens (tertiary/aromatic N) is 4. The number of rotatable bonds is 1. The van der Waals surface area contributed by atoms with Gasteiger partial charge in [0.15, 0.2) is 0 Å². The van der Waals surface area contributed by atoms with Gasteiger partial charge in [0.05, 0.1) is 24.6 Å². The van der Waals surface area contributed by atoms with E-state index < -0.39 is 0 Å². The SMILES string of the molecule is CN1CCC2(CC1)CN(c1cncc(N)n1)CCO2. The molecule has 1 aromatic rings. The maximum atomic E-state index is 6.09. The molecular weight excluding hydrogens is 242 g/mol. The van der Waals surface area contributed by atoms with Crippen molar-refractivity contribution in [3.05, 3.63) is 12.4 Å². The molecular formula is C13H21N5O. The first kappa shape index (κ1) is 12.6. The van der Waals surface area contributed by atoms with Crippen LogP contribution in [0.3, 0.4) is 0 Å². The van der Waals surface area contributed by atoms with Gasteiger partial charge in [0.2, 0.25) is 0 Å². The quantitative estimate of drug-likeness (QED) is 0.789. The predicted molar refractivity (Wildman–Crippen MR) is 74.1 cm³/mol. The van der Waals surface area contributed by atoms with E-state index in [2.05, 4.69) is 26.8 Å². The predicted octanol–water partition coefficient (Wildman–Crippen LogP) is 0.360. The van der Waals surface area contributed by atoms with Gasteiger partial charge in [0.1, 0.15) is 11.6 Å². The lowest BCUT2D eigenvalue weighted by Gasteiger charge is -2.47. The minimum absolute atomic E-state index is 0.0168. The largest absolute Gasteiger partial charge is 0.382 e. The normalized spacial score (nSPS) is 23.7. The van der Waals surface area contributed by atoms with Crippen molar-refractivity contribution < 1.29 is 4.74 Å². The van der Waals surface area contributed by atoms with Crippen molar-refractivity contribution in [3.63, 3.8) is 0 Å². The van der Waals surface area contributed by atoms with E-state index in [0.29, 0.717) is 5.82 Å². The van der Waals surface area contributed by atoms with Crippen molar-refractivity contribution in [2.45, 2.75) is 18.4 Å². The Balaban J connectivity index is 1.74. The van der Waals surface area contributed by atoms with Gasteiger partial charge in [-0.2, -0.15) is 0 Å². The zero-order valence-corrected chi connectivity index (χ0v) is 11.4. The molecule has 3 rings (SSSR count). The Morgan fingerprint density at radius 3 is 2.79 bits per heavy atom. The molecule has 0 bridgehead atoms. The number of aromatic nitrogens is 2. The molecule has 0 atom stereocenters. The number of hydrogen-bond acceptors (Lipinski definition) is 6. The summed E-state index contributed by atoms with van der Waals surface area (Å²) in [7, 11) is 2.16. The van der Waals surface area contributed by atoms with Crippen LogP contribution in [0.1, 0.15) is 12.8 Å². The number of hydrogen-bond donors (Lipinski definition) is 1. The molecule has 2 N–H and O–H groups in total. The van der Waals surface area contributed by atoms with Gasteiger partial charge in [-0.15, -0.1) is 0 Å². The van der Waals surface area contributed by atoms with E-state index in [1.807, 2.05) is 0 Å². The van der Waals surface area contributed by atoms with Gasteiger partial charge in [0, 0.05) is 26.2 Å². The van der Waals surface area contributed by atoms with E-state index in [1.54, 1.807) is 12.4 Å². The maximum absolute atomic E-state index is 6.09. The summed E-state index contributed by atoms with van der Waals surface area (Å²) >= 11 is 0. The molecule has 1 aromatic heterocycles. The van der Waals surface area contributed by atoms with Crippen LogP contribution in [0.4, 0.5) is 11.6 Å². The molecule has 2 fully saturated rings. The molecule has 104 valence electrons. The Labute approximate surface area is 113 Å². The number of piperidine rings is 1. The molecule has 6 heteroatoms. The first-order valence-corrected chi connectivity index (χ1v) is 6.82. The highest BCUT2D eigenvalue weighted by Gasteiger charge is 2.39. The monoisotopic (exact) mass is 263 g/mol. The Bertz CT molecular complexity index is 444. The second-order valence-corrected chi connectivity index (χ2v) is 5.56. The highest BCUT2D eigenvalue weighted by atomic mass is 16.5. The van der Waals surface area contributed by atoms with Crippen LogP contribution < -0.4 is 10.6 Å². The van der Waals surface area contributed by atoms with Crippen LogP contribution in [-0.4, -0.2) is 60.3 Å². The van der Waals surface area contributed by atoms with Crippen LogP contribution in [-0.2, 0) is 4.74 Å². The number of morpholine rings is 1. The third kappa shape index (κ3) is 2.64. The van der Waals surface area contributed by atoms with Crippen LogP contribution in [0.5, 0.6) is 0 Å². The summed E-state index contributed by atoms with van der Waals surface area (Å²) in [6, 6.07) is 0. The van der Waals surface area contributed by atoms with Crippen LogP contribution >= 0.6 is 0 Å². The highest BCUT2D eigenvalue weighted by molar-refractivity contribution is 5.42. The summed E-state index contributed by atoms with van der Waals surface area (Å²) in [6.07, 6.45) is 5.52. The van der Waals surface area contributed by atoms with Crippen molar-refractivity contribution in [1.29, 1.82) is 0 Å². The molecule has 1 spiro atoms. The lowest BCUT2D eigenvalue weighted by molar-refractivity contribution is -0.0884. The average Bonchev–Trinajstić information content (AvgIpc) is 2.43. The zero-order chi connectivity index (χ0) is 13.3. The molecule has 0 amide bonds. The molecule has 2 saturated heterocycles. The van der Waals surface area contributed by atoms with Crippen molar-refractivity contribution in [2.24, 2.45) is 0 Å². The molecule has 2 aliphatic heterocycles. The minimum atomic E-state index is -0.0168. The molecule has 0 aromatic carbocycles. The highest BCUT2D eigenvalue weighted by Crippen LogP contribution is 2.31. The lowest BCUT2D eigenvalue weighted by atomic mass is 9.89. The number of nitrogens with two attached hydrogens (primary N) is 1. The number of likely N-dealkylation sites (tertiary alicyclic amines) is 1. The standard InChI is InChI=1S/C13H21N5O/c1-17-4-2-13(3-5-17)10-18(6-7-19-13)12-9-15-8-11(14)16-12/h8-9H,2-7,10H2,1H3,(H2,14,16). The summed E-state index contributed by atoms with van der Waals surface area (Å²) in [5.41, 5.74) is 5.70. The molecule has 3 heterocycles. The Morgan fingerprint density at radius 1 is 1.26 bits per heavy atom. The van der Waals surface area contributed by atoms with Crippen LogP contribution in [0.15, 0.2) is 12.4 Å². The van der Waals surface area contributed by atoms with Crippen molar-refractivity contribution in [1.82, 2.24) is 14.9 Å². The number of nitrogen functional groups attached to an aromatic ring is 1. The fourth-order valence-corrected chi connectivity index (χ4v) is 2.89. The first-order valence-electron chi connectivity index (χ1n) is 6.82. The minimum Gasteiger partial charge on any atom is -0.382 e. The van der Waals surface area contributed by atoms with Gasteiger partial charge in [0.25, 0.3) is 0 Å². The molecule has 0 unspecified atom stereocenters. The fourth-order valence-electron chi connectivity index (χ4n) is 2.89. The lowest BCUT2D eigenvalue weighted by Crippen LogP contribution is -2.56. The number of ether oxygens (including phenoxy) is 1. The molecule has 0 aliphatic carbocycles. The second-order valence-electron chi connectivity index (χ2n) is 5.56. The van der Waals surface area contributed by atoms with E-state index in [-0.39, 0.29) is 5.60 Å². The second kappa shape index (κ2) is 4.94. The van der Waals surface area contributed by atoms with Gasteiger partial charge < -0.3 is 20.3 Å². The van der Waals surface area contributed by atoms with Crippen molar-refractivity contribution in [3.8, 4) is 0 Å². The van der Waals surface area contributed by atoms with E-state index in [0.717, 1.165) is 51.4 Å². The average molecular weight is 263 g/mol. The fraction of sp³-hybridized carbons (Fsp3) is 0.692. The molecule has 0 radical (unpaired) electrons. The third-order valence-electron chi connectivity index (χ3n) is 4.11. The smallest absolute Gasteiger partial charge is 0.149 e. The molecule has 2 aliphatic rings. The zero-order valence-electron chi connectivity index (χ0n) is 11.4. The Hall–Kier alpha value is -1.40. The summed E-state index contributed by atoms with van der Waals surface area (Å²) in [5.74, 6) is 1.34. The van der Waals surface area contributed by atoms with Crippen molar-refractivity contribution in [2.75, 3.05) is 50.5 Å². The summed E-state index contributed by atoms with van der Waals surface area (Å²) < 4.78 is 6.09. The number of anilines is 2. The Morgan fingerprint density at radius 2 is 2.05 bits per heavy atom. The summed E-state index contributed by atoms with van der Waals surface area (Å²) in [5, 5.41) is 0. The van der Waals surface area contributed by atoms with Gasteiger partial charge in [-0.25, -0.2) is 4.98 Å². The third-order valence-corrected chi connectivity index (χ3v) is 4.11. The topological polar surface area (TPSA) is 67.5 Å². The molecule has 6 nitrogen and oxygen atoms in total. The summed E-state index contributed by atoms with van der Waals surface area (Å²) in [4.78, 5) is 13.1. The summed E-state index contributed by atoms with van der Waals surface area (Å²) in [6.45, 7) is 4.68. The van der Waals surface area contributed by atoms with Crippen LogP contribution in [0.25, 0.3) is 0 Å². The molecule has 19 heavy (non-hydrogen) atoms. The van der Waals surface area contributed by atoms with E-state index in [9.17, 15) is 0 Å².